The molecule has 2 rings (SSSR count). The second-order valence-electron chi connectivity index (χ2n) is 4.71. The number of rotatable bonds is 5. The van der Waals surface area contributed by atoms with E-state index in [0.29, 0.717) is 35.1 Å². The van der Waals surface area contributed by atoms with E-state index in [9.17, 15) is 13.6 Å². The zero-order chi connectivity index (χ0) is 16.3. The highest BCUT2D eigenvalue weighted by atomic mass is 79.9. The second kappa shape index (κ2) is 7.42. The molecule has 0 radical (unpaired) electrons. The first kappa shape index (κ1) is 17.2. The van der Waals surface area contributed by atoms with E-state index in [0.717, 1.165) is 4.90 Å². The molecule has 1 amide bonds. The smallest absolute Gasteiger partial charge is 0.256 e. The molecule has 0 N–H and O–H groups in total. The van der Waals surface area contributed by atoms with E-state index in [1.54, 1.807) is 24.3 Å². The van der Waals surface area contributed by atoms with Crippen molar-refractivity contribution in [2.24, 2.45) is 0 Å². The van der Waals surface area contributed by atoms with Crippen molar-refractivity contribution < 1.29 is 18.3 Å². The van der Waals surface area contributed by atoms with Gasteiger partial charge in [-0.05, 0) is 31.5 Å². The average molecular weight is 395 g/mol. The molecule has 1 heterocycles. The molecule has 0 saturated heterocycles. The summed E-state index contributed by atoms with van der Waals surface area (Å²) < 4.78 is 30.9. The van der Waals surface area contributed by atoms with E-state index in [2.05, 4.69) is 15.9 Å². The van der Waals surface area contributed by atoms with E-state index in [1.807, 2.05) is 6.92 Å². The fraction of sp³-hybridized carbons (Fsp3) is 0.400. The standard InChI is InChI=1S/C15H15BrClF2NO2/c1-2-22-9-3-4-10(12(17)7-9)13-6-5-11(16)15(21)20(13)8-14(18)19/h3-4,6-7,11,14H,2,5,8H2,1H3. The summed E-state index contributed by atoms with van der Waals surface area (Å²) in [4.78, 5) is 12.8. The van der Waals surface area contributed by atoms with Crippen molar-refractivity contribution in [3.8, 4) is 5.75 Å². The topological polar surface area (TPSA) is 29.5 Å². The van der Waals surface area contributed by atoms with Gasteiger partial charge in [-0.25, -0.2) is 8.78 Å². The lowest BCUT2D eigenvalue weighted by atomic mass is 10.0. The molecule has 22 heavy (non-hydrogen) atoms. The number of nitrogens with zero attached hydrogens (tertiary/aromatic N) is 1. The number of hydrogen-bond acceptors (Lipinski definition) is 2. The summed E-state index contributed by atoms with van der Waals surface area (Å²) in [5.74, 6) is 0.209. The van der Waals surface area contributed by atoms with Crippen LogP contribution in [-0.4, -0.2) is 35.2 Å². The quantitative estimate of drug-likeness (QED) is 0.695. The number of allylic oxidation sites excluding steroid dienone is 1. The van der Waals surface area contributed by atoms with Crippen molar-refractivity contribution in [1.82, 2.24) is 4.90 Å². The van der Waals surface area contributed by atoms with Crippen LogP contribution in [0.5, 0.6) is 5.75 Å². The summed E-state index contributed by atoms with van der Waals surface area (Å²) in [5.41, 5.74) is 0.951. The van der Waals surface area contributed by atoms with E-state index in [1.165, 1.54) is 0 Å². The molecule has 1 unspecified atom stereocenters. The fourth-order valence-electron chi connectivity index (χ4n) is 2.26. The highest BCUT2D eigenvalue weighted by molar-refractivity contribution is 9.10. The summed E-state index contributed by atoms with van der Waals surface area (Å²) in [5, 5.41) is 0.359. The SMILES string of the molecule is CCOc1ccc(C2=CCC(Br)C(=O)N2CC(F)F)c(Cl)c1. The maximum atomic E-state index is 12.8. The molecule has 0 fully saturated rings. The lowest BCUT2D eigenvalue weighted by Gasteiger charge is -2.31. The molecule has 1 aliphatic heterocycles. The highest BCUT2D eigenvalue weighted by Gasteiger charge is 2.32. The molecule has 0 saturated carbocycles. The first-order chi connectivity index (χ1) is 10.4. The Morgan fingerprint density at radius 3 is 2.82 bits per heavy atom. The van der Waals surface area contributed by atoms with Gasteiger partial charge in [-0.3, -0.25) is 4.79 Å². The Kier molecular flexibility index (Phi) is 5.81. The third kappa shape index (κ3) is 3.79. The highest BCUT2D eigenvalue weighted by Crippen LogP contribution is 2.34. The summed E-state index contributed by atoms with van der Waals surface area (Å²) in [7, 11) is 0. The molecule has 1 aliphatic rings. The molecule has 0 spiro atoms. The molecular weight excluding hydrogens is 380 g/mol. The van der Waals surface area contributed by atoms with Gasteiger partial charge >= 0.3 is 0 Å². The van der Waals surface area contributed by atoms with Gasteiger partial charge in [0.2, 0.25) is 5.91 Å². The molecule has 7 heteroatoms. The number of carbonyl (C=O) groups excluding carboxylic acids is 1. The van der Waals surface area contributed by atoms with Crippen LogP contribution in [0.1, 0.15) is 18.9 Å². The van der Waals surface area contributed by atoms with E-state index >= 15 is 0 Å². The molecule has 3 nitrogen and oxygen atoms in total. The first-order valence-corrected chi connectivity index (χ1v) is 8.09. The van der Waals surface area contributed by atoms with E-state index in [4.69, 9.17) is 16.3 Å². The van der Waals surface area contributed by atoms with Gasteiger partial charge in [-0.2, -0.15) is 0 Å². The maximum absolute atomic E-state index is 12.8. The van der Waals surface area contributed by atoms with E-state index in [-0.39, 0.29) is 5.91 Å². The number of benzene rings is 1. The van der Waals surface area contributed by atoms with Gasteiger partial charge in [0.05, 0.1) is 23.0 Å². The summed E-state index contributed by atoms with van der Waals surface area (Å²) in [6.45, 7) is 1.70. The van der Waals surface area contributed by atoms with Gasteiger partial charge in [0.15, 0.2) is 0 Å². The minimum absolute atomic E-state index is 0.359. The molecule has 1 aromatic rings. The number of halogens is 4. The average Bonchev–Trinajstić information content (AvgIpc) is 2.45. The van der Waals surface area contributed by atoms with Crippen LogP contribution < -0.4 is 4.74 Å². The van der Waals surface area contributed by atoms with Crippen LogP contribution in [0.3, 0.4) is 0 Å². The van der Waals surface area contributed by atoms with Gasteiger partial charge < -0.3 is 9.64 Å². The molecule has 1 aromatic carbocycles. The fourth-order valence-corrected chi connectivity index (χ4v) is 2.96. The van der Waals surface area contributed by atoms with Gasteiger partial charge in [0.1, 0.15) is 5.75 Å². The largest absolute Gasteiger partial charge is 0.494 e. The monoisotopic (exact) mass is 393 g/mol. The van der Waals surface area contributed by atoms with Crippen LogP contribution >= 0.6 is 27.5 Å². The van der Waals surface area contributed by atoms with Crippen molar-refractivity contribution in [3.05, 3.63) is 34.9 Å². The van der Waals surface area contributed by atoms with Crippen molar-refractivity contribution in [2.75, 3.05) is 13.2 Å². The summed E-state index contributed by atoms with van der Waals surface area (Å²) in [6, 6.07) is 5.00. The second-order valence-corrected chi connectivity index (χ2v) is 6.22. The minimum Gasteiger partial charge on any atom is -0.494 e. The van der Waals surface area contributed by atoms with Crippen LogP contribution in [-0.2, 0) is 4.79 Å². The maximum Gasteiger partial charge on any atom is 0.256 e. The Hall–Kier alpha value is -1.14. The predicted octanol–water partition coefficient (Wildman–Crippen LogP) is 4.34. The Bertz CT molecular complexity index is 595. The Balaban J connectivity index is 2.37. The van der Waals surface area contributed by atoms with Crippen LogP contribution in [0, 0.1) is 0 Å². The van der Waals surface area contributed by atoms with Crippen LogP contribution in [0.4, 0.5) is 8.78 Å². The Morgan fingerprint density at radius 1 is 1.50 bits per heavy atom. The molecular formula is C15H15BrClF2NO2. The minimum atomic E-state index is -2.62. The van der Waals surface area contributed by atoms with Crippen LogP contribution in [0.15, 0.2) is 24.3 Å². The predicted molar refractivity (Wildman–Crippen MR) is 85.6 cm³/mol. The van der Waals surface area contributed by atoms with Crippen molar-refractivity contribution >= 4 is 39.1 Å². The molecule has 0 aliphatic carbocycles. The third-order valence-electron chi connectivity index (χ3n) is 3.19. The molecule has 0 bridgehead atoms. The van der Waals surface area contributed by atoms with E-state index < -0.39 is 17.8 Å². The van der Waals surface area contributed by atoms with Gasteiger partial charge in [-0.1, -0.05) is 33.6 Å². The van der Waals surface area contributed by atoms with Crippen molar-refractivity contribution in [2.45, 2.75) is 24.6 Å². The van der Waals surface area contributed by atoms with Gasteiger partial charge in [0, 0.05) is 11.3 Å². The number of hydrogen-bond donors (Lipinski definition) is 0. The number of carbonyl (C=O) groups is 1. The zero-order valence-electron chi connectivity index (χ0n) is 11.9. The Morgan fingerprint density at radius 2 is 2.23 bits per heavy atom. The normalized spacial score (nSPS) is 18.6. The summed E-state index contributed by atoms with van der Waals surface area (Å²) in [6.07, 6.45) is -0.450. The summed E-state index contributed by atoms with van der Waals surface area (Å²) >= 11 is 9.43. The number of alkyl halides is 3. The van der Waals surface area contributed by atoms with Crippen LogP contribution in [0.25, 0.3) is 5.70 Å². The number of amides is 1. The third-order valence-corrected chi connectivity index (χ3v) is 4.27. The zero-order valence-corrected chi connectivity index (χ0v) is 14.2. The van der Waals surface area contributed by atoms with Crippen molar-refractivity contribution in [1.29, 1.82) is 0 Å². The van der Waals surface area contributed by atoms with Crippen molar-refractivity contribution in [3.63, 3.8) is 0 Å². The Labute approximate surface area is 141 Å². The first-order valence-electron chi connectivity index (χ1n) is 6.80. The molecule has 120 valence electrons. The number of ether oxygens (including phenoxy) is 1. The van der Waals surface area contributed by atoms with Crippen LogP contribution in [0.2, 0.25) is 5.02 Å². The molecule has 1 atom stereocenters. The lowest BCUT2D eigenvalue weighted by molar-refractivity contribution is -0.129. The lowest BCUT2D eigenvalue weighted by Crippen LogP contribution is -2.41. The molecule has 0 aromatic heterocycles. The van der Waals surface area contributed by atoms with Gasteiger partial charge in [0.25, 0.3) is 6.43 Å². The van der Waals surface area contributed by atoms with Gasteiger partial charge in [-0.15, -0.1) is 0 Å².